The van der Waals surface area contributed by atoms with Gasteiger partial charge in [0, 0.05) is 19.0 Å². The number of hydrogen-bond acceptors (Lipinski definition) is 5. The third-order valence-corrected chi connectivity index (χ3v) is 4.82. The van der Waals surface area contributed by atoms with Gasteiger partial charge in [0.2, 0.25) is 5.91 Å². The van der Waals surface area contributed by atoms with Crippen LogP contribution in [-0.4, -0.2) is 43.6 Å². The van der Waals surface area contributed by atoms with Crippen LogP contribution in [0.25, 0.3) is 11.1 Å². The average molecular weight is 339 g/mol. The molecule has 0 saturated carbocycles. The lowest BCUT2D eigenvalue weighted by Gasteiger charge is -2.32. The van der Waals surface area contributed by atoms with E-state index in [4.69, 9.17) is 4.42 Å². The number of para-hydroxylation sites is 2. The maximum absolute atomic E-state index is 12.6. The fourth-order valence-corrected chi connectivity index (χ4v) is 3.41. The lowest BCUT2D eigenvalue weighted by molar-refractivity contribution is -0.136. The third-order valence-electron chi connectivity index (χ3n) is 4.82. The monoisotopic (exact) mass is 339 g/mol. The molecule has 0 radical (unpaired) electrons. The smallest absolute Gasteiger partial charge is 0.227 e. The summed E-state index contributed by atoms with van der Waals surface area (Å²) >= 11 is 0. The topological polar surface area (TPSA) is 77.1 Å². The van der Waals surface area contributed by atoms with Crippen molar-refractivity contribution < 1.29 is 9.21 Å². The van der Waals surface area contributed by atoms with Crippen LogP contribution in [0.5, 0.6) is 0 Å². The largest absolute Gasteiger partial charge is 0.440 e. The van der Waals surface area contributed by atoms with Gasteiger partial charge in [0.25, 0.3) is 0 Å². The van der Waals surface area contributed by atoms with E-state index in [2.05, 4.69) is 15.1 Å². The zero-order valence-corrected chi connectivity index (χ0v) is 14.2. The Balaban J connectivity index is 1.36. The number of amides is 1. The van der Waals surface area contributed by atoms with Gasteiger partial charge in [0.05, 0.1) is 12.5 Å². The summed E-state index contributed by atoms with van der Waals surface area (Å²) in [5.41, 5.74) is 1.73. The molecule has 1 atom stereocenters. The molecule has 1 saturated heterocycles. The van der Waals surface area contributed by atoms with Crippen LogP contribution >= 0.6 is 0 Å². The van der Waals surface area contributed by atoms with Crippen molar-refractivity contribution >= 4 is 17.0 Å². The highest BCUT2D eigenvalue weighted by molar-refractivity contribution is 5.78. The fourth-order valence-electron chi connectivity index (χ4n) is 3.41. The number of likely N-dealkylation sites (tertiary alicyclic amines) is 1. The standard InChI is InChI=1S/C18H21N5O2/c1-13(10-23-12-19-11-20-23)18(24)22-8-6-14(7-9-22)17-21-15-4-2-3-5-16(15)25-17/h2-5,11-14H,6-10H2,1H3. The second-order valence-electron chi connectivity index (χ2n) is 6.64. The van der Waals surface area contributed by atoms with Crippen LogP contribution in [0, 0.1) is 5.92 Å². The molecule has 1 aromatic carbocycles. The second kappa shape index (κ2) is 6.66. The van der Waals surface area contributed by atoms with E-state index in [0.717, 1.165) is 42.9 Å². The molecule has 0 spiro atoms. The van der Waals surface area contributed by atoms with E-state index in [9.17, 15) is 4.79 Å². The van der Waals surface area contributed by atoms with Gasteiger partial charge in [-0.05, 0) is 25.0 Å². The van der Waals surface area contributed by atoms with Crippen molar-refractivity contribution in [2.45, 2.75) is 32.2 Å². The lowest BCUT2D eigenvalue weighted by Crippen LogP contribution is -2.41. The van der Waals surface area contributed by atoms with E-state index in [1.807, 2.05) is 36.1 Å². The summed E-state index contributed by atoms with van der Waals surface area (Å²) in [6, 6.07) is 7.82. The summed E-state index contributed by atoms with van der Waals surface area (Å²) < 4.78 is 7.59. The van der Waals surface area contributed by atoms with Crippen molar-refractivity contribution in [3.05, 3.63) is 42.8 Å². The Morgan fingerprint density at radius 1 is 1.32 bits per heavy atom. The van der Waals surface area contributed by atoms with Crippen LogP contribution in [0.4, 0.5) is 0 Å². The average Bonchev–Trinajstić information content (AvgIpc) is 3.30. The molecule has 7 heteroatoms. The Kier molecular flexibility index (Phi) is 4.21. The minimum atomic E-state index is -0.109. The zero-order chi connectivity index (χ0) is 17.2. The summed E-state index contributed by atoms with van der Waals surface area (Å²) in [4.78, 5) is 23.1. The Bertz CT molecular complexity index is 816. The summed E-state index contributed by atoms with van der Waals surface area (Å²) in [5, 5.41) is 4.07. The molecule has 1 aliphatic rings. The van der Waals surface area contributed by atoms with Gasteiger partial charge in [0.1, 0.15) is 18.2 Å². The number of fused-ring (bicyclic) bond motifs is 1. The molecule has 0 aliphatic carbocycles. The van der Waals surface area contributed by atoms with E-state index in [1.165, 1.54) is 6.33 Å². The molecule has 2 aromatic heterocycles. The Labute approximate surface area is 145 Å². The van der Waals surface area contributed by atoms with Gasteiger partial charge >= 0.3 is 0 Å². The van der Waals surface area contributed by atoms with Gasteiger partial charge in [0.15, 0.2) is 11.5 Å². The van der Waals surface area contributed by atoms with Gasteiger partial charge < -0.3 is 9.32 Å². The van der Waals surface area contributed by atoms with Crippen molar-refractivity contribution in [3.8, 4) is 0 Å². The highest BCUT2D eigenvalue weighted by Gasteiger charge is 2.29. The first-order valence-corrected chi connectivity index (χ1v) is 8.67. The first kappa shape index (κ1) is 15.8. The predicted molar refractivity (Wildman–Crippen MR) is 91.8 cm³/mol. The number of benzene rings is 1. The Morgan fingerprint density at radius 3 is 2.84 bits per heavy atom. The van der Waals surface area contributed by atoms with Crippen LogP contribution in [-0.2, 0) is 11.3 Å². The van der Waals surface area contributed by atoms with Gasteiger partial charge in [-0.15, -0.1) is 0 Å². The van der Waals surface area contributed by atoms with Crippen LogP contribution in [0.2, 0.25) is 0 Å². The van der Waals surface area contributed by atoms with E-state index in [0.29, 0.717) is 6.54 Å². The maximum Gasteiger partial charge on any atom is 0.227 e. The molecule has 130 valence electrons. The second-order valence-corrected chi connectivity index (χ2v) is 6.64. The van der Waals surface area contributed by atoms with Crippen molar-refractivity contribution in [1.82, 2.24) is 24.6 Å². The Morgan fingerprint density at radius 2 is 2.12 bits per heavy atom. The lowest BCUT2D eigenvalue weighted by atomic mass is 9.95. The van der Waals surface area contributed by atoms with E-state index < -0.39 is 0 Å². The molecule has 3 aromatic rings. The number of rotatable bonds is 4. The number of oxazole rings is 1. The van der Waals surface area contributed by atoms with Crippen molar-refractivity contribution in [3.63, 3.8) is 0 Å². The molecule has 1 unspecified atom stereocenters. The molecule has 0 N–H and O–H groups in total. The highest BCUT2D eigenvalue weighted by atomic mass is 16.3. The number of aromatic nitrogens is 4. The predicted octanol–water partition coefficient (Wildman–Crippen LogP) is 2.46. The minimum Gasteiger partial charge on any atom is -0.440 e. The van der Waals surface area contributed by atoms with Crippen LogP contribution < -0.4 is 0 Å². The minimum absolute atomic E-state index is 0.109. The third kappa shape index (κ3) is 3.26. The maximum atomic E-state index is 12.6. The molecule has 4 rings (SSSR count). The molecule has 0 bridgehead atoms. The summed E-state index contributed by atoms with van der Waals surface area (Å²) in [6.07, 6.45) is 4.90. The number of carbonyl (C=O) groups is 1. The van der Waals surface area contributed by atoms with Crippen molar-refractivity contribution in [2.24, 2.45) is 5.92 Å². The molecule has 1 aliphatic heterocycles. The molecule has 3 heterocycles. The summed E-state index contributed by atoms with van der Waals surface area (Å²) in [6.45, 7) is 3.98. The number of carbonyl (C=O) groups excluding carboxylic acids is 1. The van der Waals surface area contributed by atoms with Gasteiger partial charge in [-0.1, -0.05) is 19.1 Å². The quantitative estimate of drug-likeness (QED) is 0.730. The molecule has 1 amide bonds. The first-order valence-electron chi connectivity index (χ1n) is 8.67. The SMILES string of the molecule is CC(Cn1cncn1)C(=O)N1CCC(c2nc3ccccc3o2)CC1. The van der Waals surface area contributed by atoms with E-state index >= 15 is 0 Å². The van der Waals surface area contributed by atoms with Crippen LogP contribution in [0.3, 0.4) is 0 Å². The fraction of sp³-hybridized carbons (Fsp3) is 0.444. The summed E-state index contributed by atoms with van der Waals surface area (Å²) in [5.74, 6) is 1.14. The van der Waals surface area contributed by atoms with E-state index in [-0.39, 0.29) is 17.7 Å². The van der Waals surface area contributed by atoms with Gasteiger partial charge in [-0.3, -0.25) is 9.48 Å². The molecule has 1 fully saturated rings. The van der Waals surface area contributed by atoms with Crippen LogP contribution in [0.15, 0.2) is 41.3 Å². The number of hydrogen-bond donors (Lipinski definition) is 0. The molecule has 25 heavy (non-hydrogen) atoms. The first-order chi connectivity index (χ1) is 12.2. The van der Waals surface area contributed by atoms with Crippen molar-refractivity contribution in [2.75, 3.05) is 13.1 Å². The van der Waals surface area contributed by atoms with Gasteiger partial charge in [-0.2, -0.15) is 5.10 Å². The number of nitrogens with zero attached hydrogens (tertiary/aromatic N) is 5. The molecular formula is C18H21N5O2. The van der Waals surface area contributed by atoms with Gasteiger partial charge in [-0.25, -0.2) is 9.97 Å². The zero-order valence-electron chi connectivity index (χ0n) is 14.2. The van der Waals surface area contributed by atoms with Crippen LogP contribution in [0.1, 0.15) is 31.6 Å². The Hall–Kier alpha value is -2.70. The number of piperidine rings is 1. The van der Waals surface area contributed by atoms with Crippen molar-refractivity contribution in [1.29, 1.82) is 0 Å². The summed E-state index contributed by atoms with van der Waals surface area (Å²) in [7, 11) is 0. The normalized spacial score (nSPS) is 17.1. The molecule has 7 nitrogen and oxygen atoms in total. The van der Waals surface area contributed by atoms with E-state index in [1.54, 1.807) is 11.0 Å². The molecular weight excluding hydrogens is 318 g/mol. The highest BCUT2D eigenvalue weighted by Crippen LogP contribution is 2.30.